The molecule has 0 saturated carbocycles. The van der Waals surface area contributed by atoms with Crippen molar-refractivity contribution in [1.29, 1.82) is 0 Å². The van der Waals surface area contributed by atoms with Gasteiger partial charge in [-0.05, 0) is 73.0 Å². The van der Waals surface area contributed by atoms with Gasteiger partial charge in [-0.15, -0.1) is 0 Å². The SMILES string of the molecule is O=C(Nc1ccc(F)c(-c2ccc(Cl)cc2)n1)c1ccc(Oc2cc3c(cc2Cl)CCCO3)cc1. The highest BCUT2D eigenvalue weighted by atomic mass is 35.5. The van der Waals surface area contributed by atoms with Gasteiger partial charge in [0.1, 0.15) is 34.6 Å². The van der Waals surface area contributed by atoms with E-state index >= 15 is 0 Å². The molecule has 35 heavy (non-hydrogen) atoms. The summed E-state index contributed by atoms with van der Waals surface area (Å²) in [6.07, 6.45) is 1.88. The maximum Gasteiger partial charge on any atom is 0.256 e. The number of amides is 1. The lowest BCUT2D eigenvalue weighted by Crippen LogP contribution is -2.13. The topological polar surface area (TPSA) is 60.5 Å². The minimum absolute atomic E-state index is 0.120. The van der Waals surface area contributed by atoms with Crippen LogP contribution in [0.25, 0.3) is 11.3 Å². The highest BCUT2D eigenvalue weighted by molar-refractivity contribution is 6.32. The molecule has 5 nitrogen and oxygen atoms in total. The summed E-state index contributed by atoms with van der Waals surface area (Å²) in [6.45, 7) is 0.669. The molecule has 1 aliphatic heterocycles. The van der Waals surface area contributed by atoms with Gasteiger partial charge in [-0.2, -0.15) is 0 Å². The molecule has 1 amide bonds. The normalized spacial score (nSPS) is 12.4. The summed E-state index contributed by atoms with van der Waals surface area (Å²) < 4.78 is 25.9. The van der Waals surface area contributed by atoms with Gasteiger partial charge in [-0.1, -0.05) is 35.3 Å². The summed E-state index contributed by atoms with van der Waals surface area (Å²) in [6, 6.07) is 19.5. The van der Waals surface area contributed by atoms with E-state index in [0.29, 0.717) is 39.3 Å². The maximum atomic E-state index is 14.3. The molecule has 0 saturated heterocycles. The zero-order valence-electron chi connectivity index (χ0n) is 18.4. The number of hydrogen-bond acceptors (Lipinski definition) is 4. The molecule has 3 aromatic carbocycles. The van der Waals surface area contributed by atoms with Gasteiger partial charge in [0.15, 0.2) is 0 Å². The Morgan fingerprint density at radius 3 is 2.54 bits per heavy atom. The third-order valence-electron chi connectivity index (χ3n) is 5.51. The number of fused-ring (bicyclic) bond motifs is 1. The Labute approximate surface area is 211 Å². The number of benzene rings is 3. The van der Waals surface area contributed by atoms with Crippen molar-refractivity contribution in [2.45, 2.75) is 12.8 Å². The number of hydrogen-bond donors (Lipinski definition) is 1. The second-order valence-electron chi connectivity index (χ2n) is 7.96. The highest BCUT2D eigenvalue weighted by Gasteiger charge is 2.16. The lowest BCUT2D eigenvalue weighted by Gasteiger charge is -2.19. The van der Waals surface area contributed by atoms with E-state index in [9.17, 15) is 9.18 Å². The molecule has 1 aliphatic rings. The Hall–Kier alpha value is -3.61. The number of ether oxygens (including phenoxy) is 2. The van der Waals surface area contributed by atoms with Gasteiger partial charge in [0.05, 0.1) is 11.6 Å². The van der Waals surface area contributed by atoms with E-state index in [4.69, 9.17) is 32.7 Å². The van der Waals surface area contributed by atoms with Gasteiger partial charge in [-0.25, -0.2) is 9.37 Å². The van der Waals surface area contributed by atoms with Crippen LogP contribution >= 0.6 is 23.2 Å². The van der Waals surface area contributed by atoms with Crippen LogP contribution in [-0.2, 0) is 6.42 Å². The first kappa shape index (κ1) is 23.1. The number of anilines is 1. The van der Waals surface area contributed by atoms with Crippen LogP contribution in [0, 0.1) is 5.82 Å². The van der Waals surface area contributed by atoms with Crippen LogP contribution in [-0.4, -0.2) is 17.5 Å². The molecule has 0 aliphatic carbocycles. The van der Waals surface area contributed by atoms with Gasteiger partial charge in [0, 0.05) is 22.2 Å². The molecule has 5 rings (SSSR count). The number of aromatic nitrogens is 1. The molecule has 0 atom stereocenters. The van der Waals surface area contributed by atoms with Crippen LogP contribution < -0.4 is 14.8 Å². The average Bonchev–Trinajstić information content (AvgIpc) is 2.86. The van der Waals surface area contributed by atoms with Crippen LogP contribution in [0.4, 0.5) is 10.2 Å². The van der Waals surface area contributed by atoms with Crippen molar-refractivity contribution in [3.8, 4) is 28.5 Å². The number of halogens is 3. The van der Waals surface area contributed by atoms with Crippen LogP contribution in [0.3, 0.4) is 0 Å². The van der Waals surface area contributed by atoms with E-state index in [1.54, 1.807) is 54.6 Å². The number of rotatable bonds is 5. The van der Waals surface area contributed by atoms with Gasteiger partial charge < -0.3 is 14.8 Å². The molecule has 0 unspecified atom stereocenters. The molecule has 0 fully saturated rings. The van der Waals surface area contributed by atoms with Crippen molar-refractivity contribution in [2.75, 3.05) is 11.9 Å². The van der Waals surface area contributed by atoms with Crippen molar-refractivity contribution in [3.05, 3.63) is 99.8 Å². The lowest BCUT2D eigenvalue weighted by atomic mass is 10.1. The monoisotopic (exact) mass is 508 g/mol. The highest BCUT2D eigenvalue weighted by Crippen LogP contribution is 2.37. The molecule has 8 heteroatoms. The Balaban J connectivity index is 1.29. The number of pyridine rings is 1. The second kappa shape index (κ2) is 9.94. The van der Waals surface area contributed by atoms with E-state index in [0.717, 1.165) is 24.2 Å². The summed E-state index contributed by atoms with van der Waals surface area (Å²) >= 11 is 12.3. The third kappa shape index (κ3) is 5.24. The first-order chi connectivity index (χ1) is 17.0. The van der Waals surface area contributed by atoms with Crippen LogP contribution in [0.1, 0.15) is 22.3 Å². The van der Waals surface area contributed by atoms with E-state index in [1.165, 1.54) is 12.1 Å². The first-order valence-electron chi connectivity index (χ1n) is 10.9. The number of carbonyl (C=O) groups is 1. The van der Waals surface area contributed by atoms with Crippen LogP contribution in [0.15, 0.2) is 72.8 Å². The summed E-state index contributed by atoms with van der Waals surface area (Å²) in [5.74, 6) is 1.11. The molecular weight excluding hydrogens is 490 g/mol. The number of carbonyl (C=O) groups excluding carboxylic acids is 1. The molecule has 1 aromatic heterocycles. The fourth-order valence-corrected chi connectivity index (χ4v) is 4.09. The Morgan fingerprint density at radius 2 is 1.77 bits per heavy atom. The van der Waals surface area contributed by atoms with Crippen molar-refractivity contribution >= 4 is 34.9 Å². The Kier molecular flexibility index (Phi) is 6.57. The summed E-state index contributed by atoms with van der Waals surface area (Å²) in [5, 5.41) is 3.73. The van der Waals surface area contributed by atoms with E-state index < -0.39 is 11.7 Å². The molecule has 0 radical (unpaired) electrons. The maximum absolute atomic E-state index is 14.3. The largest absolute Gasteiger partial charge is 0.493 e. The van der Waals surface area contributed by atoms with Gasteiger partial charge >= 0.3 is 0 Å². The zero-order chi connectivity index (χ0) is 24.4. The molecule has 1 N–H and O–H groups in total. The quantitative estimate of drug-likeness (QED) is 0.302. The fourth-order valence-electron chi connectivity index (χ4n) is 3.74. The smallest absolute Gasteiger partial charge is 0.256 e. The summed E-state index contributed by atoms with van der Waals surface area (Å²) in [7, 11) is 0. The standard InChI is InChI=1S/C27H19Cl2FN2O3/c28-19-7-3-16(4-8-19)26-22(30)11-12-25(31-26)32-27(33)17-5-9-20(10-6-17)35-24-15-23-18(14-21(24)29)2-1-13-34-23/h3-12,14-15H,1-2,13H2,(H,31,32,33). The fraction of sp³-hybridized carbons (Fsp3) is 0.111. The molecule has 4 aromatic rings. The molecular formula is C27H19Cl2FN2O3. The minimum Gasteiger partial charge on any atom is -0.493 e. The zero-order valence-corrected chi connectivity index (χ0v) is 19.9. The van der Waals surface area contributed by atoms with Crippen molar-refractivity contribution in [2.24, 2.45) is 0 Å². The molecule has 0 bridgehead atoms. The molecule has 2 heterocycles. The number of nitrogens with one attached hydrogen (secondary N) is 1. The Morgan fingerprint density at radius 1 is 1.00 bits per heavy atom. The average molecular weight is 509 g/mol. The predicted molar refractivity (Wildman–Crippen MR) is 134 cm³/mol. The van der Waals surface area contributed by atoms with Gasteiger partial charge in [-0.3, -0.25) is 4.79 Å². The number of nitrogens with zero attached hydrogens (tertiary/aromatic N) is 1. The lowest BCUT2D eigenvalue weighted by molar-refractivity contribution is 0.102. The third-order valence-corrected chi connectivity index (χ3v) is 6.06. The van der Waals surface area contributed by atoms with Crippen molar-refractivity contribution < 1.29 is 18.7 Å². The number of aryl methyl sites for hydroxylation is 1. The summed E-state index contributed by atoms with van der Waals surface area (Å²) in [5.41, 5.74) is 2.12. The molecule has 0 spiro atoms. The van der Waals surface area contributed by atoms with Crippen molar-refractivity contribution in [1.82, 2.24) is 4.98 Å². The second-order valence-corrected chi connectivity index (χ2v) is 8.80. The van der Waals surface area contributed by atoms with Gasteiger partial charge in [0.25, 0.3) is 5.91 Å². The van der Waals surface area contributed by atoms with Crippen LogP contribution in [0.5, 0.6) is 17.2 Å². The van der Waals surface area contributed by atoms with Crippen molar-refractivity contribution in [3.63, 3.8) is 0 Å². The van der Waals surface area contributed by atoms with Crippen LogP contribution in [0.2, 0.25) is 10.0 Å². The summed E-state index contributed by atoms with van der Waals surface area (Å²) in [4.78, 5) is 17.0. The van der Waals surface area contributed by atoms with E-state index in [-0.39, 0.29) is 11.5 Å². The first-order valence-corrected chi connectivity index (χ1v) is 11.7. The van der Waals surface area contributed by atoms with Gasteiger partial charge in [0.2, 0.25) is 0 Å². The predicted octanol–water partition coefficient (Wildman–Crippen LogP) is 7.56. The van der Waals surface area contributed by atoms with E-state index in [2.05, 4.69) is 10.3 Å². The van der Waals surface area contributed by atoms with E-state index in [1.807, 2.05) is 6.07 Å². The molecule has 176 valence electrons. The Bertz CT molecular complexity index is 1390. The minimum atomic E-state index is -0.502.